The molecule has 0 aromatic heterocycles. The van der Waals surface area contributed by atoms with E-state index in [1.807, 2.05) is 0 Å². The third kappa shape index (κ3) is 5.45. The Morgan fingerprint density at radius 3 is 2.37 bits per heavy atom. The molecule has 0 bridgehead atoms. The lowest BCUT2D eigenvalue weighted by molar-refractivity contribution is -0.109. The fourth-order valence-corrected chi connectivity index (χ4v) is 13.2. The van der Waals surface area contributed by atoms with Crippen molar-refractivity contribution in [3.05, 3.63) is 58.4 Å². The highest BCUT2D eigenvalue weighted by molar-refractivity contribution is 6.83. The molecule has 5 aliphatic carbocycles. The van der Waals surface area contributed by atoms with Gasteiger partial charge in [-0.2, -0.15) is 0 Å². The van der Waals surface area contributed by atoms with Gasteiger partial charge in [0.05, 0.1) is 5.76 Å². The summed E-state index contributed by atoms with van der Waals surface area (Å²) in [5, 5.41) is 0. The van der Waals surface area contributed by atoms with E-state index < -0.39 is 24.7 Å². The molecule has 0 saturated heterocycles. The monoisotopic (exact) mass is 630 g/mol. The molecule has 5 aliphatic rings. The Balaban J connectivity index is 1.50. The molecular formula is C38H58O2Si3. The van der Waals surface area contributed by atoms with E-state index in [1.165, 1.54) is 37.7 Å². The van der Waals surface area contributed by atoms with Crippen molar-refractivity contribution >= 4 is 24.7 Å². The van der Waals surface area contributed by atoms with Gasteiger partial charge in [-0.25, -0.2) is 0 Å². The van der Waals surface area contributed by atoms with Crippen LogP contribution in [0.5, 0.6) is 0 Å². The number of fused-ring (bicyclic) bond motifs is 4. The Kier molecular flexibility index (Phi) is 7.61. The number of allylic oxidation sites excluding steroid dienone is 3. The van der Waals surface area contributed by atoms with Gasteiger partial charge in [0.25, 0.3) is 0 Å². The number of rotatable bonds is 5. The van der Waals surface area contributed by atoms with E-state index in [0.717, 1.165) is 30.9 Å². The van der Waals surface area contributed by atoms with Gasteiger partial charge in [-0.05, 0) is 143 Å². The standard InChI is InChI=1S/C38H58O2Si3/c1-12-27-13-15-31-28(23-27)25-37-19-17-30(39-42(6,7)8)24-29(37)14-16-32-34-18-20-38(40-43(9,10)11,21-22-41(3,4)5)36(34,2)26-33(31)35(32)37/h13,15,17,23-24,32-35H,12,14,16,18-20,25-26H2,1-11H3/t32-,33?,34-,35?,36-,37+,38+/m0/s1. The lowest BCUT2D eigenvalue weighted by Crippen LogP contribution is -2.61. The van der Waals surface area contributed by atoms with Crippen molar-refractivity contribution in [2.45, 2.75) is 136 Å². The van der Waals surface area contributed by atoms with Gasteiger partial charge in [0, 0.05) is 10.8 Å². The second kappa shape index (κ2) is 10.3. The van der Waals surface area contributed by atoms with E-state index in [1.54, 1.807) is 16.7 Å². The van der Waals surface area contributed by atoms with Crippen molar-refractivity contribution in [1.29, 1.82) is 0 Å². The lowest BCUT2D eigenvalue weighted by Gasteiger charge is -2.65. The predicted octanol–water partition coefficient (Wildman–Crippen LogP) is 10.3. The molecule has 3 saturated carbocycles. The zero-order valence-electron chi connectivity index (χ0n) is 29.2. The van der Waals surface area contributed by atoms with Gasteiger partial charge in [0.1, 0.15) is 13.7 Å². The molecule has 3 fully saturated rings. The highest BCUT2D eigenvalue weighted by Gasteiger charge is 2.69. The predicted molar refractivity (Wildman–Crippen MR) is 190 cm³/mol. The molecule has 1 aromatic rings. The van der Waals surface area contributed by atoms with Crippen LogP contribution in [0.15, 0.2) is 41.7 Å². The Morgan fingerprint density at radius 1 is 0.977 bits per heavy atom. The van der Waals surface area contributed by atoms with Crippen LogP contribution >= 0.6 is 0 Å². The van der Waals surface area contributed by atoms with E-state index in [-0.39, 0.29) is 16.4 Å². The van der Waals surface area contributed by atoms with E-state index >= 15 is 0 Å². The summed E-state index contributed by atoms with van der Waals surface area (Å²) in [4.78, 5) is 0. The molecule has 1 aromatic carbocycles. The van der Waals surface area contributed by atoms with E-state index in [2.05, 4.69) is 115 Å². The smallest absolute Gasteiger partial charge is 0.242 e. The average Bonchev–Trinajstić information content (AvgIpc) is 3.16. The van der Waals surface area contributed by atoms with Crippen molar-refractivity contribution in [1.82, 2.24) is 0 Å². The largest absolute Gasteiger partial charge is 0.545 e. The maximum atomic E-state index is 7.42. The summed E-state index contributed by atoms with van der Waals surface area (Å²) in [5.41, 5.74) is 10.3. The van der Waals surface area contributed by atoms with Gasteiger partial charge in [0.2, 0.25) is 8.32 Å². The molecule has 0 N–H and O–H groups in total. The van der Waals surface area contributed by atoms with Gasteiger partial charge in [-0.1, -0.05) is 63.2 Å². The zero-order chi connectivity index (χ0) is 31.2. The van der Waals surface area contributed by atoms with Crippen LogP contribution in [0.1, 0.15) is 75.0 Å². The van der Waals surface area contributed by atoms with Crippen LogP contribution in [0.2, 0.25) is 58.9 Å². The molecule has 7 atom stereocenters. The topological polar surface area (TPSA) is 18.5 Å². The molecule has 43 heavy (non-hydrogen) atoms. The Labute approximate surface area is 266 Å². The molecule has 2 unspecified atom stereocenters. The molecule has 0 aliphatic heterocycles. The van der Waals surface area contributed by atoms with Gasteiger partial charge in [-0.3, -0.25) is 0 Å². The van der Waals surface area contributed by atoms with Crippen molar-refractivity contribution < 1.29 is 8.85 Å². The van der Waals surface area contributed by atoms with Crippen LogP contribution in [-0.2, 0) is 21.7 Å². The summed E-state index contributed by atoms with van der Waals surface area (Å²) in [5.74, 6) is 7.85. The first-order valence-corrected chi connectivity index (χ1v) is 27.7. The zero-order valence-corrected chi connectivity index (χ0v) is 32.2. The fourth-order valence-electron chi connectivity index (χ4n) is 10.3. The molecule has 0 radical (unpaired) electrons. The van der Waals surface area contributed by atoms with Gasteiger partial charge in [-0.15, -0.1) is 5.54 Å². The third-order valence-electron chi connectivity index (χ3n) is 11.7. The number of hydrogen-bond donors (Lipinski definition) is 0. The maximum absolute atomic E-state index is 7.42. The summed E-state index contributed by atoms with van der Waals surface area (Å²) < 4.78 is 14.0. The minimum Gasteiger partial charge on any atom is -0.545 e. The van der Waals surface area contributed by atoms with E-state index in [4.69, 9.17) is 8.85 Å². The summed E-state index contributed by atoms with van der Waals surface area (Å²) >= 11 is 0. The summed E-state index contributed by atoms with van der Waals surface area (Å²) in [6.45, 7) is 26.2. The number of aryl methyl sites for hydroxylation is 1. The van der Waals surface area contributed by atoms with Crippen molar-refractivity contribution in [2.24, 2.45) is 28.6 Å². The van der Waals surface area contributed by atoms with Crippen LogP contribution in [0.3, 0.4) is 0 Å². The fraction of sp³-hybridized carbons (Fsp3) is 0.684. The molecule has 2 nitrogen and oxygen atoms in total. The van der Waals surface area contributed by atoms with Gasteiger partial charge < -0.3 is 8.85 Å². The van der Waals surface area contributed by atoms with Gasteiger partial charge >= 0.3 is 0 Å². The number of benzene rings is 1. The minimum atomic E-state index is -1.84. The van der Waals surface area contributed by atoms with Crippen LogP contribution in [0, 0.1) is 40.0 Å². The Hall–Kier alpha value is -1.33. The van der Waals surface area contributed by atoms with E-state index in [9.17, 15) is 0 Å². The number of hydrogen-bond acceptors (Lipinski definition) is 2. The lowest BCUT2D eigenvalue weighted by atomic mass is 9.40. The first-order valence-electron chi connectivity index (χ1n) is 17.4. The highest BCUT2D eigenvalue weighted by atomic mass is 28.4. The van der Waals surface area contributed by atoms with Crippen molar-refractivity contribution in [3.8, 4) is 11.5 Å². The third-order valence-corrected chi connectivity index (χ3v) is 14.4. The van der Waals surface area contributed by atoms with E-state index in [0.29, 0.717) is 17.8 Å². The Bertz CT molecular complexity index is 1410. The van der Waals surface area contributed by atoms with Crippen LogP contribution in [0.4, 0.5) is 0 Å². The summed E-state index contributed by atoms with van der Waals surface area (Å²) in [7, 11) is -5.06. The molecule has 1 spiro atoms. The van der Waals surface area contributed by atoms with Gasteiger partial charge in [0.15, 0.2) is 8.32 Å². The molecule has 234 valence electrons. The van der Waals surface area contributed by atoms with Crippen LogP contribution in [0.25, 0.3) is 0 Å². The molecule has 0 heterocycles. The first kappa shape index (κ1) is 31.6. The second-order valence-corrected chi connectivity index (χ2v) is 31.7. The molecule has 6 rings (SSSR count). The molecule has 5 heteroatoms. The normalized spacial score (nSPS) is 36.6. The summed E-state index contributed by atoms with van der Waals surface area (Å²) in [6, 6.07) is 7.57. The second-order valence-electron chi connectivity index (χ2n) is 18.1. The van der Waals surface area contributed by atoms with Crippen molar-refractivity contribution in [2.75, 3.05) is 0 Å². The highest BCUT2D eigenvalue weighted by Crippen LogP contribution is 2.73. The van der Waals surface area contributed by atoms with Crippen molar-refractivity contribution in [3.63, 3.8) is 0 Å². The molecule has 0 amide bonds. The molecular weight excluding hydrogens is 573 g/mol. The Morgan fingerprint density at radius 2 is 1.72 bits per heavy atom. The summed E-state index contributed by atoms with van der Waals surface area (Å²) in [6.07, 6.45) is 14.6. The SMILES string of the molecule is CCc1ccc2c(c1)C[C@]13CC=C(O[Si](C)(C)C)C=C1CC[C@@H]1C3C2C[C@@]2(C)[C@H]1CC[C@]2(C#C[Si](C)(C)C)O[Si](C)(C)C. The van der Waals surface area contributed by atoms with Crippen LogP contribution < -0.4 is 0 Å². The van der Waals surface area contributed by atoms with Crippen LogP contribution in [-0.4, -0.2) is 30.3 Å². The average molecular weight is 631 g/mol. The minimum absolute atomic E-state index is 0.0722. The maximum Gasteiger partial charge on any atom is 0.242 e. The quantitative estimate of drug-likeness (QED) is 0.238. The first-order chi connectivity index (χ1) is 19.9.